The van der Waals surface area contributed by atoms with Gasteiger partial charge in [0.05, 0.1) is 0 Å². The molecular weight excluding hydrogens is 359 g/mol. The van der Waals surface area contributed by atoms with Gasteiger partial charge >= 0.3 is 30.1 Å². The minimum Gasteiger partial charge on any atom is -0.308 e. The number of amides is 2. The number of urea groups is 1. The lowest BCUT2D eigenvalue weighted by Crippen LogP contribution is -2.75. The van der Waals surface area contributed by atoms with E-state index in [9.17, 15) is 44.3 Å². The molecule has 0 aliphatic carbocycles. The fourth-order valence-corrected chi connectivity index (χ4v) is 1.66. The first-order chi connectivity index (χ1) is 10.6. The molecule has 0 aromatic heterocycles. The van der Waals surface area contributed by atoms with Gasteiger partial charge < -0.3 is 10.6 Å². The molecule has 0 unspecified atom stereocenters. The van der Waals surface area contributed by atoms with E-state index in [0.29, 0.717) is 5.56 Å². The number of carbonyl (C=O) groups excluding carboxylic acids is 1. The Labute approximate surface area is 128 Å². The fraction of sp³-hybridized carbons (Fsp3) is 0.417. The number of hydrogen-bond donors (Lipinski definition) is 2. The molecule has 0 fully saturated rings. The molecule has 1 rings (SSSR count). The molecule has 2 N–H and O–H groups in total. The molecule has 12 heteroatoms. The van der Waals surface area contributed by atoms with Gasteiger partial charge in [-0.25, -0.2) is 4.79 Å². The van der Waals surface area contributed by atoms with Gasteiger partial charge in [0.15, 0.2) is 0 Å². The quantitative estimate of drug-likeness (QED) is 0.740. The molecule has 0 bridgehead atoms. The first-order valence-corrected chi connectivity index (χ1v) is 5.98. The van der Waals surface area contributed by atoms with Crippen molar-refractivity contribution in [1.82, 2.24) is 5.32 Å². The summed E-state index contributed by atoms with van der Waals surface area (Å²) in [5.74, 6) is 0. The second-order valence-electron chi connectivity index (χ2n) is 4.69. The van der Waals surface area contributed by atoms with Gasteiger partial charge in [0.2, 0.25) is 0 Å². The van der Waals surface area contributed by atoms with Gasteiger partial charge in [0, 0.05) is 5.69 Å². The van der Waals surface area contributed by atoms with E-state index < -0.39 is 30.1 Å². The standard InChI is InChI=1S/C12H9F9N2O/c1-6-2-4-7(5-3-6)22-8(24)23-9(10(13,14)15,11(16,17)18)12(19,20)21/h2-5H,1H3,(H2,22,23,24). The lowest BCUT2D eigenvalue weighted by atomic mass is 9.97. The van der Waals surface area contributed by atoms with Crippen molar-refractivity contribution in [3.63, 3.8) is 0 Å². The number of rotatable bonds is 2. The van der Waals surface area contributed by atoms with E-state index in [-0.39, 0.29) is 11.0 Å². The Morgan fingerprint density at radius 3 is 1.50 bits per heavy atom. The lowest BCUT2D eigenvalue weighted by molar-refractivity contribution is -0.386. The van der Waals surface area contributed by atoms with E-state index in [1.807, 2.05) is 0 Å². The number of anilines is 1. The van der Waals surface area contributed by atoms with Crippen LogP contribution in [0.3, 0.4) is 0 Å². The molecule has 0 heterocycles. The molecular formula is C12H9F9N2O. The van der Waals surface area contributed by atoms with E-state index in [2.05, 4.69) is 0 Å². The van der Waals surface area contributed by atoms with Crippen LogP contribution in [0.2, 0.25) is 0 Å². The van der Waals surface area contributed by atoms with Crippen LogP contribution in [0.15, 0.2) is 24.3 Å². The fourth-order valence-electron chi connectivity index (χ4n) is 1.66. The van der Waals surface area contributed by atoms with Gasteiger partial charge in [-0.1, -0.05) is 17.7 Å². The van der Waals surface area contributed by atoms with Gasteiger partial charge in [-0.3, -0.25) is 0 Å². The third-order valence-electron chi connectivity index (χ3n) is 2.89. The zero-order valence-corrected chi connectivity index (χ0v) is 11.6. The second-order valence-corrected chi connectivity index (χ2v) is 4.69. The molecule has 0 spiro atoms. The summed E-state index contributed by atoms with van der Waals surface area (Å²) in [6, 6.07) is 2.53. The third-order valence-corrected chi connectivity index (χ3v) is 2.89. The van der Waals surface area contributed by atoms with Crippen LogP contribution in [-0.4, -0.2) is 30.1 Å². The first-order valence-electron chi connectivity index (χ1n) is 5.98. The maximum Gasteiger partial charge on any atom is 0.429 e. The number of benzene rings is 1. The van der Waals surface area contributed by atoms with Crippen LogP contribution in [0.25, 0.3) is 0 Å². The molecule has 0 aliphatic rings. The molecule has 24 heavy (non-hydrogen) atoms. The average molecular weight is 368 g/mol. The lowest BCUT2D eigenvalue weighted by Gasteiger charge is -2.38. The SMILES string of the molecule is Cc1ccc(NC(=O)NC(C(F)(F)F)(C(F)(F)F)C(F)(F)F)cc1. The monoisotopic (exact) mass is 368 g/mol. The van der Waals surface area contributed by atoms with Crippen molar-refractivity contribution in [1.29, 1.82) is 0 Å². The molecule has 3 nitrogen and oxygen atoms in total. The number of halogens is 9. The molecule has 2 amide bonds. The third kappa shape index (κ3) is 3.67. The molecule has 1 aromatic rings. The number of nitrogens with one attached hydrogen (secondary N) is 2. The topological polar surface area (TPSA) is 41.1 Å². The highest BCUT2D eigenvalue weighted by molar-refractivity contribution is 5.90. The zero-order chi connectivity index (χ0) is 19.0. The van der Waals surface area contributed by atoms with Gasteiger partial charge in [-0.05, 0) is 19.1 Å². The van der Waals surface area contributed by atoms with Crippen LogP contribution in [0.1, 0.15) is 5.56 Å². The van der Waals surface area contributed by atoms with Crippen LogP contribution in [0.4, 0.5) is 50.0 Å². The van der Waals surface area contributed by atoms with E-state index in [1.165, 1.54) is 17.4 Å². The van der Waals surface area contributed by atoms with E-state index in [0.717, 1.165) is 12.1 Å². The molecule has 0 saturated carbocycles. The molecule has 0 aliphatic heterocycles. The van der Waals surface area contributed by atoms with Crippen LogP contribution in [0, 0.1) is 6.92 Å². The van der Waals surface area contributed by atoms with Crippen LogP contribution in [0.5, 0.6) is 0 Å². The predicted octanol–water partition coefficient (Wildman–Crippen LogP) is 4.54. The smallest absolute Gasteiger partial charge is 0.308 e. The molecule has 0 saturated heterocycles. The highest BCUT2D eigenvalue weighted by atomic mass is 19.4. The Morgan fingerprint density at radius 1 is 0.792 bits per heavy atom. The predicted molar refractivity (Wildman–Crippen MR) is 64.2 cm³/mol. The van der Waals surface area contributed by atoms with Crippen molar-refractivity contribution < 1.29 is 44.3 Å². The molecule has 0 atom stereocenters. The summed E-state index contributed by atoms with van der Waals surface area (Å²) in [5, 5.41) is 1.48. The summed E-state index contributed by atoms with van der Waals surface area (Å²) < 4.78 is 114. The molecule has 1 aromatic carbocycles. The van der Waals surface area contributed by atoms with Crippen molar-refractivity contribution in [2.75, 3.05) is 5.32 Å². The Kier molecular flexibility index (Phi) is 5.02. The Balaban J connectivity index is 3.22. The normalized spacial score (nSPS) is 13.6. The Hall–Kier alpha value is -2.14. The average Bonchev–Trinajstić information content (AvgIpc) is 2.34. The summed E-state index contributed by atoms with van der Waals surface area (Å²) in [5.41, 5.74) is -6.06. The number of hydrogen-bond acceptors (Lipinski definition) is 1. The maximum absolute atomic E-state index is 12.6. The minimum absolute atomic E-state index is 0.0116. The minimum atomic E-state index is -6.87. The van der Waals surface area contributed by atoms with E-state index >= 15 is 0 Å². The van der Waals surface area contributed by atoms with E-state index in [4.69, 9.17) is 0 Å². The summed E-state index contributed by atoms with van der Waals surface area (Å²) in [4.78, 5) is 11.3. The number of alkyl halides is 9. The highest BCUT2D eigenvalue weighted by Crippen LogP contribution is 2.52. The van der Waals surface area contributed by atoms with Crippen LogP contribution < -0.4 is 10.6 Å². The van der Waals surface area contributed by atoms with Crippen LogP contribution >= 0.6 is 0 Å². The van der Waals surface area contributed by atoms with Gasteiger partial charge in [-0.2, -0.15) is 39.5 Å². The van der Waals surface area contributed by atoms with Crippen molar-refractivity contribution in [3.05, 3.63) is 29.8 Å². The number of carbonyl (C=O) groups is 1. The molecule has 0 radical (unpaired) electrons. The van der Waals surface area contributed by atoms with Gasteiger partial charge in [-0.15, -0.1) is 0 Å². The summed E-state index contributed by atoms with van der Waals surface area (Å²) in [6.45, 7) is 1.59. The molecule has 136 valence electrons. The first kappa shape index (κ1) is 19.9. The summed E-state index contributed by atoms with van der Waals surface area (Å²) >= 11 is 0. The second kappa shape index (κ2) is 6.06. The van der Waals surface area contributed by atoms with Crippen LogP contribution in [-0.2, 0) is 0 Å². The van der Waals surface area contributed by atoms with Crippen molar-refractivity contribution in [2.45, 2.75) is 31.0 Å². The Bertz CT molecular complexity index is 550. The summed E-state index contributed by atoms with van der Waals surface area (Å²) in [7, 11) is 0. The number of aryl methyl sites for hydroxylation is 1. The van der Waals surface area contributed by atoms with E-state index in [1.54, 1.807) is 6.92 Å². The largest absolute Gasteiger partial charge is 0.429 e. The zero-order valence-electron chi connectivity index (χ0n) is 11.6. The van der Waals surface area contributed by atoms with Gasteiger partial charge in [0.1, 0.15) is 0 Å². The van der Waals surface area contributed by atoms with Crippen molar-refractivity contribution >= 4 is 11.7 Å². The van der Waals surface area contributed by atoms with Crippen molar-refractivity contribution in [2.24, 2.45) is 0 Å². The Morgan fingerprint density at radius 2 is 1.17 bits per heavy atom. The summed E-state index contributed by atoms with van der Waals surface area (Å²) in [6.07, 6.45) is -20.6. The van der Waals surface area contributed by atoms with Crippen molar-refractivity contribution in [3.8, 4) is 0 Å². The van der Waals surface area contributed by atoms with Gasteiger partial charge in [0.25, 0.3) is 0 Å². The highest BCUT2D eigenvalue weighted by Gasteiger charge is 2.84. The maximum atomic E-state index is 12.6.